The van der Waals surface area contributed by atoms with E-state index in [2.05, 4.69) is 240 Å². The summed E-state index contributed by atoms with van der Waals surface area (Å²) in [5, 5.41) is 2.39. The van der Waals surface area contributed by atoms with E-state index in [1.54, 1.807) is 0 Å². The zero-order valence-electron chi connectivity index (χ0n) is 30.8. The van der Waals surface area contributed by atoms with Crippen LogP contribution in [-0.2, 0) is 0 Å². The highest BCUT2D eigenvalue weighted by Crippen LogP contribution is 2.50. The Morgan fingerprint density at radius 2 is 0.750 bits per heavy atom. The second kappa shape index (κ2) is 14.4. The van der Waals surface area contributed by atoms with E-state index in [-0.39, 0.29) is 0 Å². The summed E-state index contributed by atoms with van der Waals surface area (Å²) in [6.45, 7) is 0. The van der Waals surface area contributed by atoms with Crippen molar-refractivity contribution in [3.8, 4) is 50.2 Å². The predicted octanol–water partition coefficient (Wildman–Crippen LogP) is 14.9. The molecular formula is C54H38N2. The van der Waals surface area contributed by atoms with Crippen LogP contribution < -0.4 is 4.90 Å². The molecule has 0 aliphatic heterocycles. The van der Waals surface area contributed by atoms with Gasteiger partial charge in [0, 0.05) is 33.2 Å². The molecular weight excluding hydrogens is 677 g/mol. The van der Waals surface area contributed by atoms with Gasteiger partial charge in [0.1, 0.15) is 0 Å². The van der Waals surface area contributed by atoms with E-state index in [1.807, 2.05) is 0 Å². The molecule has 1 aromatic heterocycles. The molecule has 0 aliphatic carbocycles. The minimum Gasteiger partial charge on any atom is -0.309 e. The van der Waals surface area contributed by atoms with Crippen LogP contribution in [0.4, 0.5) is 17.1 Å². The lowest BCUT2D eigenvalue weighted by Gasteiger charge is -2.31. The summed E-state index contributed by atoms with van der Waals surface area (Å²) in [5.74, 6) is 0. The number of aromatic nitrogens is 1. The van der Waals surface area contributed by atoms with Crippen LogP contribution in [0.15, 0.2) is 231 Å². The van der Waals surface area contributed by atoms with Gasteiger partial charge in [-0.2, -0.15) is 0 Å². The third-order valence-electron chi connectivity index (χ3n) is 10.8. The highest BCUT2D eigenvalue weighted by atomic mass is 15.2. The highest BCUT2D eigenvalue weighted by molar-refractivity contribution is 6.18. The number of benzene rings is 9. The smallest absolute Gasteiger partial charge is 0.0618 e. The van der Waals surface area contributed by atoms with Gasteiger partial charge in [-0.05, 0) is 64.2 Å². The molecule has 0 saturated carbocycles. The Hall–Kier alpha value is -7.42. The van der Waals surface area contributed by atoms with E-state index in [1.165, 1.54) is 33.0 Å². The molecule has 0 radical (unpaired) electrons. The molecule has 0 atom stereocenters. The zero-order chi connectivity index (χ0) is 37.3. The van der Waals surface area contributed by atoms with Gasteiger partial charge in [-0.15, -0.1) is 0 Å². The molecule has 0 spiro atoms. The average Bonchev–Trinajstić information content (AvgIpc) is 3.63. The molecule has 0 bridgehead atoms. The summed E-state index contributed by atoms with van der Waals surface area (Å²) in [6.07, 6.45) is 0. The van der Waals surface area contributed by atoms with Crippen molar-refractivity contribution in [2.45, 2.75) is 0 Å². The predicted molar refractivity (Wildman–Crippen MR) is 237 cm³/mol. The molecule has 1 heterocycles. The topological polar surface area (TPSA) is 8.17 Å². The largest absolute Gasteiger partial charge is 0.309 e. The van der Waals surface area contributed by atoms with Crippen LogP contribution in [0.2, 0.25) is 0 Å². The van der Waals surface area contributed by atoms with Gasteiger partial charge in [-0.1, -0.05) is 194 Å². The highest BCUT2D eigenvalue weighted by Gasteiger charge is 2.26. The standard InChI is InChI=1S/C54H38N2/c1-5-19-39(20-6-1)40-35-37-44(38-36-40)55(54-46(42-23-9-3-10-24-42)29-17-30-47(54)43-25-11-4-12-26-43)51-33-18-34-52-53(51)48-28-14-16-32-50(48)56(52)49-31-15-13-27-45(49)41-21-7-2-8-22-41/h1-38H. The quantitative estimate of drug-likeness (QED) is 0.152. The number of anilines is 3. The van der Waals surface area contributed by atoms with Crippen LogP contribution in [0, 0.1) is 0 Å². The maximum Gasteiger partial charge on any atom is 0.0618 e. The molecule has 2 heteroatoms. The molecule has 0 unspecified atom stereocenters. The fourth-order valence-electron chi connectivity index (χ4n) is 8.28. The lowest BCUT2D eigenvalue weighted by molar-refractivity contribution is 1.18. The maximum absolute atomic E-state index is 2.50. The fraction of sp³-hybridized carbons (Fsp3) is 0. The van der Waals surface area contributed by atoms with Crippen LogP contribution >= 0.6 is 0 Å². The van der Waals surface area contributed by atoms with Crippen molar-refractivity contribution in [3.05, 3.63) is 231 Å². The van der Waals surface area contributed by atoms with Crippen LogP contribution in [0.25, 0.3) is 72.0 Å². The van der Waals surface area contributed by atoms with Crippen LogP contribution in [0.1, 0.15) is 0 Å². The van der Waals surface area contributed by atoms with Gasteiger partial charge < -0.3 is 9.47 Å². The number of hydrogen-bond donors (Lipinski definition) is 0. The molecule has 0 saturated heterocycles. The second-order valence-electron chi connectivity index (χ2n) is 14.1. The van der Waals surface area contributed by atoms with Gasteiger partial charge in [0.05, 0.1) is 28.1 Å². The molecule has 264 valence electrons. The van der Waals surface area contributed by atoms with Gasteiger partial charge >= 0.3 is 0 Å². The summed E-state index contributed by atoms with van der Waals surface area (Å²) >= 11 is 0. The minimum atomic E-state index is 1.08. The van der Waals surface area contributed by atoms with Gasteiger partial charge in [0.2, 0.25) is 0 Å². The van der Waals surface area contributed by atoms with Crippen molar-refractivity contribution in [2.75, 3.05) is 4.90 Å². The van der Waals surface area contributed by atoms with Crippen molar-refractivity contribution in [2.24, 2.45) is 0 Å². The lowest BCUT2D eigenvalue weighted by Crippen LogP contribution is -2.13. The Bertz CT molecular complexity index is 2870. The normalized spacial score (nSPS) is 11.2. The van der Waals surface area contributed by atoms with E-state index >= 15 is 0 Å². The Balaban J connectivity index is 1.30. The van der Waals surface area contributed by atoms with E-state index in [0.717, 1.165) is 56.0 Å². The van der Waals surface area contributed by atoms with Gasteiger partial charge in [-0.25, -0.2) is 0 Å². The minimum absolute atomic E-state index is 1.08. The van der Waals surface area contributed by atoms with Gasteiger partial charge in [0.25, 0.3) is 0 Å². The Kier molecular flexibility index (Phi) is 8.55. The van der Waals surface area contributed by atoms with Crippen LogP contribution in [-0.4, -0.2) is 4.57 Å². The fourth-order valence-corrected chi connectivity index (χ4v) is 8.28. The average molecular weight is 715 g/mol. The first-order valence-corrected chi connectivity index (χ1v) is 19.2. The third kappa shape index (κ3) is 5.85. The molecule has 10 rings (SSSR count). The number of rotatable bonds is 8. The number of hydrogen-bond acceptors (Lipinski definition) is 1. The first-order chi connectivity index (χ1) is 27.8. The first kappa shape index (κ1) is 33.2. The number of fused-ring (bicyclic) bond motifs is 3. The van der Waals surface area contributed by atoms with Crippen molar-refractivity contribution >= 4 is 38.9 Å². The van der Waals surface area contributed by atoms with E-state index in [0.29, 0.717) is 0 Å². The van der Waals surface area contributed by atoms with E-state index in [9.17, 15) is 0 Å². The lowest BCUT2D eigenvalue weighted by atomic mass is 9.93. The third-order valence-corrected chi connectivity index (χ3v) is 10.8. The Morgan fingerprint density at radius 1 is 0.304 bits per heavy atom. The van der Waals surface area contributed by atoms with Gasteiger partial charge in [-0.3, -0.25) is 0 Å². The van der Waals surface area contributed by atoms with Crippen LogP contribution in [0.3, 0.4) is 0 Å². The maximum atomic E-state index is 2.50. The Morgan fingerprint density at radius 3 is 1.38 bits per heavy atom. The molecule has 0 amide bonds. The molecule has 0 aliphatic rings. The van der Waals surface area contributed by atoms with Crippen molar-refractivity contribution < 1.29 is 0 Å². The zero-order valence-corrected chi connectivity index (χ0v) is 30.8. The van der Waals surface area contributed by atoms with Crippen molar-refractivity contribution in [3.63, 3.8) is 0 Å². The number of nitrogens with zero attached hydrogens (tertiary/aromatic N) is 2. The molecule has 0 N–H and O–H groups in total. The number of para-hydroxylation sites is 3. The molecule has 10 aromatic rings. The molecule has 2 nitrogen and oxygen atoms in total. The summed E-state index contributed by atoms with van der Waals surface area (Å²) in [7, 11) is 0. The summed E-state index contributed by atoms with van der Waals surface area (Å²) < 4.78 is 2.45. The van der Waals surface area contributed by atoms with E-state index in [4.69, 9.17) is 0 Å². The molecule has 0 fully saturated rings. The van der Waals surface area contributed by atoms with Crippen molar-refractivity contribution in [1.82, 2.24) is 4.57 Å². The second-order valence-corrected chi connectivity index (χ2v) is 14.1. The first-order valence-electron chi connectivity index (χ1n) is 19.2. The molecule has 56 heavy (non-hydrogen) atoms. The Labute approximate surface area is 327 Å². The summed E-state index contributed by atoms with van der Waals surface area (Å²) in [5.41, 5.74) is 16.2. The SMILES string of the molecule is c1ccc(-c2ccc(N(c3c(-c4ccccc4)cccc3-c3ccccc3)c3cccc4c3c3ccccc3n4-c3ccccc3-c3ccccc3)cc2)cc1. The van der Waals surface area contributed by atoms with Gasteiger partial charge in [0.15, 0.2) is 0 Å². The monoisotopic (exact) mass is 714 g/mol. The summed E-state index contributed by atoms with van der Waals surface area (Å²) in [4.78, 5) is 2.50. The van der Waals surface area contributed by atoms with Crippen LogP contribution in [0.5, 0.6) is 0 Å². The molecule has 9 aromatic carbocycles. The van der Waals surface area contributed by atoms with Crippen molar-refractivity contribution in [1.29, 1.82) is 0 Å². The van der Waals surface area contributed by atoms with E-state index < -0.39 is 0 Å². The summed E-state index contributed by atoms with van der Waals surface area (Å²) in [6, 6.07) is 83.1.